The lowest BCUT2D eigenvalue weighted by Gasteiger charge is -2.36. The first kappa shape index (κ1) is 11.4. The summed E-state index contributed by atoms with van der Waals surface area (Å²) in [6.45, 7) is 3.63. The van der Waals surface area contributed by atoms with E-state index in [2.05, 4.69) is 11.8 Å². The Kier molecular flexibility index (Phi) is 4.04. The first-order chi connectivity index (χ1) is 7.31. The van der Waals surface area contributed by atoms with Gasteiger partial charge >= 0.3 is 0 Å². The third kappa shape index (κ3) is 3.18. The van der Waals surface area contributed by atoms with Crippen LogP contribution in [-0.4, -0.2) is 29.6 Å². The molecule has 0 aromatic carbocycles. The van der Waals surface area contributed by atoms with Crippen LogP contribution in [0.4, 0.5) is 0 Å². The molecular weight excluding hydrogens is 184 g/mol. The second-order valence-corrected chi connectivity index (χ2v) is 5.39. The van der Waals surface area contributed by atoms with Gasteiger partial charge in [0.05, 0.1) is 0 Å². The number of nitrogens with two attached hydrogens (primary N) is 1. The van der Waals surface area contributed by atoms with Crippen LogP contribution in [0.5, 0.6) is 0 Å². The van der Waals surface area contributed by atoms with E-state index < -0.39 is 0 Å². The van der Waals surface area contributed by atoms with E-state index >= 15 is 0 Å². The summed E-state index contributed by atoms with van der Waals surface area (Å²) in [5.74, 6) is 0. The van der Waals surface area contributed by atoms with Gasteiger partial charge in [-0.3, -0.25) is 4.90 Å². The molecular formula is C13H26N2. The molecule has 2 aliphatic carbocycles. The van der Waals surface area contributed by atoms with Crippen LogP contribution < -0.4 is 5.73 Å². The summed E-state index contributed by atoms with van der Waals surface area (Å²) in [4.78, 5) is 2.80. The summed E-state index contributed by atoms with van der Waals surface area (Å²) >= 11 is 0. The largest absolute Gasteiger partial charge is 0.328 e. The lowest BCUT2D eigenvalue weighted by atomic mass is 9.90. The maximum atomic E-state index is 5.97. The minimum absolute atomic E-state index is 0.494. The molecule has 0 aliphatic heterocycles. The van der Waals surface area contributed by atoms with E-state index in [1.165, 1.54) is 57.9 Å². The Labute approximate surface area is 94.2 Å². The predicted octanol–water partition coefficient (Wildman–Crippen LogP) is 2.52. The van der Waals surface area contributed by atoms with Crippen molar-refractivity contribution in [3.05, 3.63) is 0 Å². The normalized spacial score (nSPS) is 32.2. The number of rotatable bonds is 5. The Balaban J connectivity index is 1.81. The average molecular weight is 210 g/mol. The van der Waals surface area contributed by atoms with Gasteiger partial charge in [-0.05, 0) is 51.5 Å². The molecule has 0 amide bonds. The average Bonchev–Trinajstić information content (AvgIpc) is 3.05. The van der Waals surface area contributed by atoms with Gasteiger partial charge in [0.2, 0.25) is 0 Å². The van der Waals surface area contributed by atoms with Gasteiger partial charge in [-0.2, -0.15) is 0 Å². The van der Waals surface area contributed by atoms with E-state index in [4.69, 9.17) is 5.73 Å². The van der Waals surface area contributed by atoms with Crippen LogP contribution in [-0.2, 0) is 0 Å². The molecule has 2 nitrogen and oxygen atoms in total. The molecule has 2 aliphatic rings. The Bertz CT molecular complexity index is 181. The Morgan fingerprint density at radius 3 is 2.00 bits per heavy atom. The van der Waals surface area contributed by atoms with Crippen LogP contribution in [0, 0.1) is 0 Å². The van der Waals surface area contributed by atoms with E-state index in [-0.39, 0.29) is 0 Å². The zero-order chi connectivity index (χ0) is 10.7. The molecule has 0 aromatic heterocycles. The first-order valence-electron chi connectivity index (χ1n) is 6.82. The predicted molar refractivity (Wildman–Crippen MR) is 64.9 cm³/mol. The molecule has 2 heteroatoms. The topological polar surface area (TPSA) is 29.3 Å². The fraction of sp³-hybridized carbons (Fsp3) is 1.00. The molecule has 2 N–H and O–H groups in total. The molecule has 0 aromatic rings. The smallest absolute Gasteiger partial charge is 0.00993 e. The number of nitrogens with zero attached hydrogens (tertiary/aromatic N) is 1. The molecule has 0 unspecified atom stereocenters. The molecule has 0 radical (unpaired) electrons. The summed E-state index contributed by atoms with van der Waals surface area (Å²) in [6.07, 6.45) is 10.8. The zero-order valence-corrected chi connectivity index (χ0v) is 10.1. The van der Waals surface area contributed by atoms with Crippen LogP contribution in [0.1, 0.15) is 58.3 Å². The first-order valence-corrected chi connectivity index (χ1v) is 6.82. The van der Waals surface area contributed by atoms with E-state index in [0.717, 1.165) is 12.1 Å². The molecule has 0 bridgehead atoms. The number of hydrogen-bond acceptors (Lipinski definition) is 2. The molecule has 2 saturated carbocycles. The van der Waals surface area contributed by atoms with Crippen molar-refractivity contribution in [2.45, 2.75) is 76.4 Å². The van der Waals surface area contributed by atoms with Crippen LogP contribution in [0.2, 0.25) is 0 Å². The highest BCUT2D eigenvalue weighted by molar-refractivity contribution is 4.91. The number of hydrogen-bond donors (Lipinski definition) is 1. The van der Waals surface area contributed by atoms with Crippen LogP contribution in [0.25, 0.3) is 0 Å². The third-order valence-electron chi connectivity index (χ3n) is 4.00. The van der Waals surface area contributed by atoms with E-state index in [1.807, 2.05) is 0 Å². The van der Waals surface area contributed by atoms with Crippen molar-refractivity contribution in [3.8, 4) is 0 Å². The van der Waals surface area contributed by atoms with Crippen molar-refractivity contribution in [1.82, 2.24) is 4.90 Å². The quantitative estimate of drug-likeness (QED) is 0.755. The summed E-state index contributed by atoms with van der Waals surface area (Å²) in [5.41, 5.74) is 5.97. The molecule has 0 atom stereocenters. The van der Waals surface area contributed by atoms with Crippen LogP contribution >= 0.6 is 0 Å². The molecule has 88 valence electrons. The maximum Gasteiger partial charge on any atom is 0.00993 e. The van der Waals surface area contributed by atoms with Gasteiger partial charge in [-0.15, -0.1) is 0 Å². The minimum atomic E-state index is 0.494. The SMILES string of the molecule is CCCCN(C1CCC(N)CC1)C1CC1. The lowest BCUT2D eigenvalue weighted by Crippen LogP contribution is -2.42. The van der Waals surface area contributed by atoms with Crippen molar-refractivity contribution >= 4 is 0 Å². The molecule has 0 saturated heterocycles. The van der Waals surface area contributed by atoms with Gasteiger partial charge in [-0.1, -0.05) is 13.3 Å². The van der Waals surface area contributed by atoms with E-state index in [0.29, 0.717) is 6.04 Å². The summed E-state index contributed by atoms with van der Waals surface area (Å²) in [5, 5.41) is 0. The van der Waals surface area contributed by atoms with Crippen molar-refractivity contribution in [1.29, 1.82) is 0 Å². The summed E-state index contributed by atoms with van der Waals surface area (Å²) in [6, 6.07) is 2.30. The van der Waals surface area contributed by atoms with Crippen molar-refractivity contribution in [2.24, 2.45) is 5.73 Å². The Morgan fingerprint density at radius 2 is 1.53 bits per heavy atom. The van der Waals surface area contributed by atoms with Gasteiger partial charge in [0.15, 0.2) is 0 Å². The molecule has 0 heterocycles. The van der Waals surface area contributed by atoms with Gasteiger partial charge in [0.25, 0.3) is 0 Å². The fourth-order valence-electron chi connectivity index (χ4n) is 2.84. The van der Waals surface area contributed by atoms with Gasteiger partial charge < -0.3 is 5.73 Å². The summed E-state index contributed by atoms with van der Waals surface area (Å²) < 4.78 is 0. The highest BCUT2D eigenvalue weighted by Crippen LogP contribution is 2.33. The third-order valence-corrected chi connectivity index (χ3v) is 4.00. The monoisotopic (exact) mass is 210 g/mol. The van der Waals surface area contributed by atoms with Gasteiger partial charge in [0.1, 0.15) is 0 Å². The van der Waals surface area contributed by atoms with Crippen molar-refractivity contribution in [2.75, 3.05) is 6.54 Å². The number of unbranched alkanes of at least 4 members (excludes halogenated alkanes) is 1. The minimum Gasteiger partial charge on any atom is -0.328 e. The molecule has 2 rings (SSSR count). The van der Waals surface area contributed by atoms with E-state index in [9.17, 15) is 0 Å². The lowest BCUT2D eigenvalue weighted by molar-refractivity contribution is 0.139. The molecule has 2 fully saturated rings. The second-order valence-electron chi connectivity index (χ2n) is 5.39. The van der Waals surface area contributed by atoms with Crippen molar-refractivity contribution < 1.29 is 0 Å². The molecule has 15 heavy (non-hydrogen) atoms. The zero-order valence-electron chi connectivity index (χ0n) is 10.1. The fourth-order valence-corrected chi connectivity index (χ4v) is 2.84. The highest BCUT2D eigenvalue weighted by Gasteiger charge is 2.34. The maximum absolute atomic E-state index is 5.97. The van der Waals surface area contributed by atoms with E-state index in [1.54, 1.807) is 0 Å². The van der Waals surface area contributed by atoms with Crippen LogP contribution in [0.3, 0.4) is 0 Å². The van der Waals surface area contributed by atoms with Gasteiger partial charge in [-0.25, -0.2) is 0 Å². The van der Waals surface area contributed by atoms with Crippen molar-refractivity contribution in [3.63, 3.8) is 0 Å². The Morgan fingerprint density at radius 1 is 1.00 bits per heavy atom. The second kappa shape index (κ2) is 5.31. The molecule has 0 spiro atoms. The van der Waals surface area contributed by atoms with Crippen LogP contribution in [0.15, 0.2) is 0 Å². The summed E-state index contributed by atoms with van der Waals surface area (Å²) in [7, 11) is 0. The standard InChI is InChI=1S/C13H26N2/c1-2-3-10-15(13-8-9-13)12-6-4-11(14)5-7-12/h11-13H,2-10,14H2,1H3. The van der Waals surface area contributed by atoms with Gasteiger partial charge in [0, 0.05) is 18.1 Å². The highest BCUT2D eigenvalue weighted by atomic mass is 15.2. The Hall–Kier alpha value is -0.0800.